The lowest BCUT2D eigenvalue weighted by atomic mass is 9.40. The van der Waals surface area contributed by atoms with Crippen molar-refractivity contribution in [3.8, 4) is 0 Å². The first kappa shape index (κ1) is 14.8. The normalized spacial score (nSPS) is 46.0. The number of hydrogen-bond acceptors (Lipinski definition) is 2. The lowest BCUT2D eigenvalue weighted by Crippen LogP contribution is -2.57. The highest BCUT2D eigenvalue weighted by Gasteiger charge is 2.59. The molecule has 0 spiro atoms. The number of nitrogens with one attached hydrogen (secondary N) is 2. The van der Waals surface area contributed by atoms with Crippen LogP contribution in [0.15, 0.2) is 0 Å². The van der Waals surface area contributed by atoms with Crippen molar-refractivity contribution < 1.29 is 0 Å². The van der Waals surface area contributed by atoms with Gasteiger partial charge in [-0.1, -0.05) is 20.8 Å². The van der Waals surface area contributed by atoms with Gasteiger partial charge in [-0.2, -0.15) is 0 Å². The minimum Gasteiger partial charge on any atom is -0.317 e. The van der Waals surface area contributed by atoms with Crippen LogP contribution in [0.1, 0.15) is 65.7 Å². The largest absolute Gasteiger partial charge is 0.317 e. The monoisotopic (exact) mass is 278 g/mol. The minimum atomic E-state index is 0.640. The summed E-state index contributed by atoms with van der Waals surface area (Å²) in [5, 5.41) is 7.21. The van der Waals surface area contributed by atoms with Gasteiger partial charge in [-0.15, -0.1) is 0 Å². The molecule has 0 aromatic rings. The van der Waals surface area contributed by atoms with Crippen LogP contribution in [-0.2, 0) is 0 Å². The fourth-order valence-corrected chi connectivity index (χ4v) is 6.75. The summed E-state index contributed by atoms with van der Waals surface area (Å²) in [6.45, 7) is 12.1. The third-order valence-electron chi connectivity index (χ3n) is 6.20. The van der Waals surface area contributed by atoms with Gasteiger partial charge in [0.1, 0.15) is 0 Å². The fourth-order valence-electron chi connectivity index (χ4n) is 6.75. The van der Waals surface area contributed by atoms with E-state index in [1.165, 1.54) is 58.0 Å². The smallest absolute Gasteiger partial charge is 0.000833 e. The zero-order valence-electron chi connectivity index (χ0n) is 13.9. The molecule has 0 aromatic heterocycles. The molecule has 4 fully saturated rings. The van der Waals surface area contributed by atoms with Gasteiger partial charge in [0.2, 0.25) is 0 Å². The van der Waals surface area contributed by atoms with Gasteiger partial charge in [0.15, 0.2) is 0 Å². The van der Waals surface area contributed by atoms with E-state index in [4.69, 9.17) is 0 Å². The summed E-state index contributed by atoms with van der Waals surface area (Å²) in [7, 11) is 0. The molecule has 0 saturated heterocycles. The van der Waals surface area contributed by atoms with Crippen LogP contribution in [0, 0.1) is 22.2 Å². The molecule has 4 aliphatic carbocycles. The lowest BCUT2D eigenvalue weighted by Gasteiger charge is -2.65. The summed E-state index contributed by atoms with van der Waals surface area (Å²) >= 11 is 0. The van der Waals surface area contributed by atoms with Crippen molar-refractivity contribution in [2.75, 3.05) is 26.2 Å². The average molecular weight is 278 g/mol. The van der Waals surface area contributed by atoms with Gasteiger partial charge in [0, 0.05) is 6.54 Å². The first-order chi connectivity index (χ1) is 9.47. The highest BCUT2D eigenvalue weighted by molar-refractivity contribution is 5.10. The lowest BCUT2D eigenvalue weighted by molar-refractivity contribution is -0.143. The van der Waals surface area contributed by atoms with Gasteiger partial charge in [0.05, 0.1) is 0 Å². The van der Waals surface area contributed by atoms with E-state index in [-0.39, 0.29) is 0 Å². The standard InChI is InChI=1S/C18H34N2/c1-4-19-6-5-7-20-14-18-10-15-8-16(2,12-18)11-17(3,9-15)13-18/h15,19-20H,4-14H2,1-3H3. The van der Waals surface area contributed by atoms with Crippen LogP contribution in [0.4, 0.5) is 0 Å². The molecule has 0 aliphatic heterocycles. The topological polar surface area (TPSA) is 24.1 Å². The van der Waals surface area contributed by atoms with E-state index in [1.807, 2.05) is 0 Å². The van der Waals surface area contributed by atoms with Gasteiger partial charge in [-0.25, -0.2) is 0 Å². The summed E-state index contributed by atoms with van der Waals surface area (Å²) in [6, 6.07) is 0. The van der Waals surface area contributed by atoms with Gasteiger partial charge in [-0.05, 0) is 86.7 Å². The molecule has 0 heterocycles. The second-order valence-corrected chi connectivity index (χ2v) is 9.01. The Balaban J connectivity index is 1.53. The van der Waals surface area contributed by atoms with Crippen LogP contribution in [0.5, 0.6) is 0 Å². The van der Waals surface area contributed by atoms with Crippen LogP contribution in [-0.4, -0.2) is 26.2 Å². The molecule has 4 saturated carbocycles. The summed E-state index contributed by atoms with van der Waals surface area (Å²) in [5.41, 5.74) is 1.97. The van der Waals surface area contributed by atoms with Crippen molar-refractivity contribution >= 4 is 0 Å². The summed E-state index contributed by atoms with van der Waals surface area (Å²) < 4.78 is 0. The Kier molecular flexibility index (Phi) is 3.92. The van der Waals surface area contributed by atoms with E-state index in [0.29, 0.717) is 16.2 Å². The molecule has 2 N–H and O–H groups in total. The van der Waals surface area contributed by atoms with Crippen LogP contribution < -0.4 is 10.6 Å². The molecule has 0 amide bonds. The van der Waals surface area contributed by atoms with Gasteiger partial charge in [0.25, 0.3) is 0 Å². The molecule has 0 aromatic carbocycles. The third-order valence-corrected chi connectivity index (χ3v) is 6.20. The highest BCUT2D eigenvalue weighted by Crippen LogP contribution is 2.69. The SMILES string of the molecule is CCNCCCNCC12CC3CC(C)(CC(C)(C3)C1)C2. The Morgan fingerprint density at radius 2 is 1.55 bits per heavy atom. The molecule has 116 valence electrons. The van der Waals surface area contributed by atoms with Crippen LogP contribution >= 0.6 is 0 Å². The van der Waals surface area contributed by atoms with E-state index in [9.17, 15) is 0 Å². The molecule has 2 nitrogen and oxygen atoms in total. The van der Waals surface area contributed by atoms with Crippen molar-refractivity contribution in [1.82, 2.24) is 10.6 Å². The van der Waals surface area contributed by atoms with Crippen molar-refractivity contribution in [1.29, 1.82) is 0 Å². The maximum atomic E-state index is 3.80. The van der Waals surface area contributed by atoms with Crippen LogP contribution in [0.2, 0.25) is 0 Å². The molecule has 0 radical (unpaired) electrons. The molecule has 2 heteroatoms. The van der Waals surface area contributed by atoms with Crippen molar-refractivity contribution in [3.63, 3.8) is 0 Å². The van der Waals surface area contributed by atoms with Crippen molar-refractivity contribution in [3.05, 3.63) is 0 Å². The number of hydrogen-bond donors (Lipinski definition) is 2. The minimum absolute atomic E-state index is 0.640. The molecule has 2 unspecified atom stereocenters. The van der Waals surface area contributed by atoms with Gasteiger partial charge < -0.3 is 10.6 Å². The Hall–Kier alpha value is -0.0800. The van der Waals surface area contributed by atoms with Crippen molar-refractivity contribution in [2.45, 2.75) is 65.7 Å². The van der Waals surface area contributed by atoms with E-state index in [1.54, 1.807) is 0 Å². The van der Waals surface area contributed by atoms with Crippen LogP contribution in [0.25, 0.3) is 0 Å². The highest BCUT2D eigenvalue weighted by atomic mass is 14.9. The summed E-state index contributed by atoms with van der Waals surface area (Å²) in [6.07, 6.45) is 10.3. The second kappa shape index (κ2) is 5.28. The van der Waals surface area contributed by atoms with Gasteiger partial charge >= 0.3 is 0 Å². The van der Waals surface area contributed by atoms with E-state index < -0.39 is 0 Å². The molecule has 4 bridgehead atoms. The molecule has 4 rings (SSSR count). The Morgan fingerprint density at radius 1 is 0.900 bits per heavy atom. The van der Waals surface area contributed by atoms with E-state index in [2.05, 4.69) is 31.4 Å². The molecular weight excluding hydrogens is 244 g/mol. The summed E-state index contributed by atoms with van der Waals surface area (Å²) in [5.74, 6) is 1.03. The predicted octanol–water partition coefficient (Wildman–Crippen LogP) is 3.57. The maximum Gasteiger partial charge on any atom is 0.000833 e. The van der Waals surface area contributed by atoms with E-state index in [0.717, 1.165) is 19.0 Å². The summed E-state index contributed by atoms with van der Waals surface area (Å²) in [4.78, 5) is 0. The zero-order chi connectivity index (χ0) is 14.3. The first-order valence-electron chi connectivity index (χ1n) is 8.88. The second-order valence-electron chi connectivity index (χ2n) is 9.01. The van der Waals surface area contributed by atoms with E-state index >= 15 is 0 Å². The van der Waals surface area contributed by atoms with Crippen molar-refractivity contribution in [2.24, 2.45) is 22.2 Å². The Labute approximate surface area is 125 Å². The predicted molar refractivity (Wildman–Crippen MR) is 85.9 cm³/mol. The first-order valence-corrected chi connectivity index (χ1v) is 8.88. The van der Waals surface area contributed by atoms with Gasteiger partial charge in [-0.3, -0.25) is 0 Å². The molecule has 20 heavy (non-hydrogen) atoms. The molecular formula is C18H34N2. The Bertz CT molecular complexity index is 333. The third kappa shape index (κ3) is 2.92. The fraction of sp³-hybridized carbons (Fsp3) is 1.00. The molecule has 4 aliphatic rings. The van der Waals surface area contributed by atoms with Crippen LogP contribution in [0.3, 0.4) is 0 Å². The Morgan fingerprint density at radius 3 is 2.15 bits per heavy atom. The zero-order valence-corrected chi connectivity index (χ0v) is 13.9. The molecule has 2 atom stereocenters. The average Bonchev–Trinajstić information content (AvgIpc) is 2.29. The maximum absolute atomic E-state index is 3.80. The number of rotatable bonds is 7. The quantitative estimate of drug-likeness (QED) is 0.696.